The Morgan fingerprint density at radius 3 is 2.50 bits per heavy atom. The molecule has 3 rings (SSSR count). The van der Waals surface area contributed by atoms with Crippen LogP contribution in [0.4, 0.5) is 5.69 Å². The van der Waals surface area contributed by atoms with Gasteiger partial charge in [0.1, 0.15) is 6.61 Å². The molecule has 1 aliphatic heterocycles. The van der Waals surface area contributed by atoms with E-state index in [2.05, 4.69) is 10.2 Å². The van der Waals surface area contributed by atoms with Crippen molar-refractivity contribution >= 4 is 34.9 Å². The lowest BCUT2D eigenvalue weighted by Gasteiger charge is -1.94. The van der Waals surface area contributed by atoms with E-state index in [0.29, 0.717) is 0 Å². The number of nitrogen functional groups attached to an aromatic ring is 1. The van der Waals surface area contributed by atoms with E-state index in [4.69, 9.17) is 5.84 Å². The first-order valence-corrected chi connectivity index (χ1v) is 7.86. The summed E-state index contributed by atoms with van der Waals surface area (Å²) in [6.07, 6.45) is 2.95. The SMILES string of the molecule is NNc1ccccc1.O=C(/C=C/c1cccs1)C1=C(O)C(=O)OC1. The fourth-order valence-corrected chi connectivity index (χ4v) is 2.38. The number of carbonyl (C=O) groups is 2. The molecule has 6 nitrogen and oxygen atoms in total. The van der Waals surface area contributed by atoms with Crippen molar-refractivity contribution in [3.63, 3.8) is 0 Å². The third kappa shape index (κ3) is 4.80. The number of aliphatic hydroxyl groups excluding tert-OH is 1. The minimum atomic E-state index is -0.840. The number of benzene rings is 1. The highest BCUT2D eigenvalue weighted by Gasteiger charge is 2.27. The molecule has 2 heterocycles. The van der Waals surface area contributed by atoms with E-state index >= 15 is 0 Å². The first-order valence-electron chi connectivity index (χ1n) is 6.98. The lowest BCUT2D eigenvalue weighted by molar-refractivity contribution is -0.138. The molecule has 0 amide bonds. The van der Waals surface area contributed by atoms with Crippen molar-refractivity contribution in [1.82, 2.24) is 0 Å². The highest BCUT2D eigenvalue weighted by molar-refractivity contribution is 7.10. The second-order valence-corrected chi connectivity index (χ2v) is 5.61. The zero-order valence-electron chi connectivity index (χ0n) is 12.6. The standard InChI is InChI=1S/C11H8O4S.C6H8N2/c12-9(4-3-7-2-1-5-16-7)8-6-15-11(14)10(8)13;7-8-6-4-2-1-3-5-6/h1-5,13H,6H2;1-5,8H,7H2/b4-3+;. The Hall–Kier alpha value is -2.90. The van der Waals surface area contributed by atoms with Crippen molar-refractivity contribution < 1.29 is 19.4 Å². The van der Waals surface area contributed by atoms with E-state index in [1.807, 2.05) is 47.8 Å². The zero-order chi connectivity index (χ0) is 17.4. The van der Waals surface area contributed by atoms with Crippen LogP contribution in [-0.4, -0.2) is 23.5 Å². The summed E-state index contributed by atoms with van der Waals surface area (Å²) < 4.78 is 4.52. The number of hydrazine groups is 1. The topological polar surface area (TPSA) is 102 Å². The molecule has 2 aromatic rings. The van der Waals surface area contributed by atoms with Gasteiger partial charge in [0.15, 0.2) is 5.78 Å². The molecule has 0 aliphatic carbocycles. The molecule has 0 fully saturated rings. The van der Waals surface area contributed by atoms with E-state index in [9.17, 15) is 14.7 Å². The number of para-hydroxylation sites is 1. The van der Waals surface area contributed by atoms with Crippen LogP contribution in [0.1, 0.15) is 4.88 Å². The maximum absolute atomic E-state index is 11.6. The van der Waals surface area contributed by atoms with E-state index in [1.165, 1.54) is 17.4 Å². The van der Waals surface area contributed by atoms with Crippen LogP contribution in [0.5, 0.6) is 0 Å². The van der Waals surface area contributed by atoms with Crippen LogP contribution in [0.25, 0.3) is 6.08 Å². The van der Waals surface area contributed by atoms with Crippen LogP contribution in [0.15, 0.2) is 65.3 Å². The number of ether oxygens (including phenoxy) is 1. The Morgan fingerprint density at radius 2 is 2.00 bits per heavy atom. The minimum absolute atomic E-state index is 0.0119. The Kier molecular flexibility index (Phi) is 6.30. The summed E-state index contributed by atoms with van der Waals surface area (Å²) >= 11 is 1.49. The third-order valence-corrected chi connectivity index (χ3v) is 3.84. The predicted molar refractivity (Wildman–Crippen MR) is 93.2 cm³/mol. The van der Waals surface area contributed by atoms with Gasteiger partial charge in [0, 0.05) is 10.6 Å². The fourth-order valence-electron chi connectivity index (χ4n) is 1.76. The van der Waals surface area contributed by atoms with E-state index < -0.39 is 17.5 Å². The molecule has 1 aromatic heterocycles. The summed E-state index contributed by atoms with van der Waals surface area (Å²) in [7, 11) is 0. The summed E-state index contributed by atoms with van der Waals surface area (Å²) in [4.78, 5) is 23.3. The highest BCUT2D eigenvalue weighted by Crippen LogP contribution is 2.16. The Labute approximate surface area is 142 Å². The van der Waals surface area contributed by atoms with Crippen LogP contribution >= 0.6 is 11.3 Å². The molecule has 0 atom stereocenters. The molecular formula is C17H16N2O4S. The molecule has 0 radical (unpaired) electrons. The molecule has 0 bridgehead atoms. The van der Waals surface area contributed by atoms with Gasteiger partial charge < -0.3 is 15.3 Å². The number of allylic oxidation sites excluding steroid dienone is 1. The third-order valence-electron chi connectivity index (χ3n) is 3.01. The van der Waals surface area contributed by atoms with Gasteiger partial charge in [-0.3, -0.25) is 10.6 Å². The van der Waals surface area contributed by atoms with Crippen LogP contribution < -0.4 is 11.3 Å². The lowest BCUT2D eigenvalue weighted by atomic mass is 10.1. The second-order valence-electron chi connectivity index (χ2n) is 4.63. The van der Waals surface area contributed by atoms with Crippen LogP contribution in [0.3, 0.4) is 0 Å². The van der Waals surface area contributed by atoms with Gasteiger partial charge in [-0.1, -0.05) is 24.3 Å². The van der Waals surface area contributed by atoms with Crippen LogP contribution in [0.2, 0.25) is 0 Å². The summed E-state index contributed by atoms with van der Waals surface area (Å²) in [5.74, 6) is 3.27. The number of thiophene rings is 1. The number of rotatable bonds is 4. The summed E-state index contributed by atoms with van der Waals surface area (Å²) in [5.41, 5.74) is 3.48. The Bertz CT molecular complexity index is 752. The lowest BCUT2D eigenvalue weighted by Crippen LogP contribution is -2.05. The van der Waals surface area contributed by atoms with Crippen LogP contribution in [-0.2, 0) is 14.3 Å². The summed E-state index contributed by atoms with van der Waals surface area (Å²) in [6.45, 7) is -0.154. The smallest absolute Gasteiger partial charge is 0.374 e. The van der Waals surface area contributed by atoms with Crippen LogP contribution in [0, 0.1) is 0 Å². The van der Waals surface area contributed by atoms with Crippen molar-refractivity contribution in [2.75, 3.05) is 12.0 Å². The molecule has 0 unspecified atom stereocenters. The van der Waals surface area contributed by atoms with Crippen molar-refractivity contribution in [2.45, 2.75) is 0 Å². The van der Waals surface area contributed by atoms with Crippen molar-refractivity contribution in [2.24, 2.45) is 5.84 Å². The van der Waals surface area contributed by atoms with E-state index in [1.54, 1.807) is 6.08 Å². The number of nitrogens with two attached hydrogens (primary N) is 1. The van der Waals surface area contributed by atoms with E-state index in [-0.39, 0.29) is 12.2 Å². The van der Waals surface area contributed by atoms with Crippen molar-refractivity contribution in [3.05, 3.63) is 70.1 Å². The van der Waals surface area contributed by atoms with Gasteiger partial charge in [-0.05, 0) is 35.7 Å². The molecule has 4 N–H and O–H groups in total. The number of esters is 1. The maximum atomic E-state index is 11.6. The maximum Gasteiger partial charge on any atom is 0.374 e. The van der Waals surface area contributed by atoms with E-state index in [0.717, 1.165) is 10.6 Å². The number of ketones is 1. The zero-order valence-corrected chi connectivity index (χ0v) is 13.5. The first-order chi connectivity index (χ1) is 11.6. The van der Waals surface area contributed by atoms with Gasteiger partial charge in [0.05, 0.1) is 5.57 Å². The van der Waals surface area contributed by atoms with Gasteiger partial charge in [-0.2, -0.15) is 0 Å². The molecule has 1 aliphatic rings. The van der Waals surface area contributed by atoms with Crippen molar-refractivity contribution in [1.29, 1.82) is 0 Å². The molecule has 7 heteroatoms. The number of carbonyl (C=O) groups excluding carboxylic acids is 2. The highest BCUT2D eigenvalue weighted by atomic mass is 32.1. The van der Waals surface area contributed by atoms with Crippen molar-refractivity contribution in [3.8, 4) is 0 Å². The molecule has 0 saturated heterocycles. The predicted octanol–water partition coefficient (Wildman–Crippen LogP) is 2.67. The average molecular weight is 344 g/mol. The fraction of sp³-hybridized carbons (Fsp3) is 0.0588. The number of cyclic esters (lactones) is 1. The molecule has 0 spiro atoms. The molecular weight excluding hydrogens is 328 g/mol. The number of aliphatic hydroxyl groups is 1. The normalized spacial score (nSPS) is 13.5. The Balaban J connectivity index is 0.000000219. The monoisotopic (exact) mass is 344 g/mol. The van der Waals surface area contributed by atoms with Gasteiger partial charge in [-0.25, -0.2) is 4.79 Å². The van der Waals surface area contributed by atoms with Gasteiger partial charge >= 0.3 is 5.97 Å². The number of anilines is 1. The van der Waals surface area contributed by atoms with Gasteiger partial charge in [0.2, 0.25) is 5.76 Å². The quantitative estimate of drug-likeness (QED) is 0.341. The number of hydrogen-bond donors (Lipinski definition) is 3. The molecule has 24 heavy (non-hydrogen) atoms. The second kappa shape index (κ2) is 8.66. The average Bonchev–Trinajstić information content (AvgIpc) is 3.25. The van der Waals surface area contributed by atoms with Gasteiger partial charge in [0.25, 0.3) is 0 Å². The largest absolute Gasteiger partial charge is 0.501 e. The number of hydrogen-bond acceptors (Lipinski definition) is 7. The summed E-state index contributed by atoms with van der Waals surface area (Å²) in [5, 5.41) is 11.1. The first kappa shape index (κ1) is 17.5. The number of nitrogens with one attached hydrogen (secondary N) is 1. The Morgan fingerprint density at radius 1 is 1.25 bits per heavy atom. The molecule has 0 saturated carbocycles. The van der Waals surface area contributed by atoms with Gasteiger partial charge in [-0.15, -0.1) is 11.3 Å². The molecule has 1 aromatic carbocycles. The summed E-state index contributed by atoms with van der Waals surface area (Å²) in [6, 6.07) is 13.3. The molecule has 124 valence electrons. The minimum Gasteiger partial charge on any atom is -0.501 e.